The predicted molar refractivity (Wildman–Crippen MR) is 103 cm³/mol. The van der Waals surface area contributed by atoms with E-state index >= 15 is 0 Å². The van der Waals surface area contributed by atoms with Crippen LogP contribution in [0.5, 0.6) is 5.75 Å². The predicted octanol–water partition coefficient (Wildman–Crippen LogP) is 4.77. The number of rotatable bonds is 2. The molecule has 4 nitrogen and oxygen atoms in total. The third-order valence-electron chi connectivity index (χ3n) is 5.45. The third kappa shape index (κ3) is 2.49. The molecule has 0 fully saturated rings. The molecule has 0 amide bonds. The molecule has 2 aromatic carbocycles. The van der Waals surface area contributed by atoms with Crippen molar-refractivity contribution in [2.75, 3.05) is 11.1 Å². The van der Waals surface area contributed by atoms with Gasteiger partial charge in [0.2, 0.25) is 0 Å². The number of anilines is 2. The smallest absolute Gasteiger partial charge is 0.115 e. The average molecular weight is 333 g/mol. The lowest BCUT2D eigenvalue weighted by molar-refractivity contribution is 0.474. The van der Waals surface area contributed by atoms with E-state index in [2.05, 4.69) is 5.32 Å². The van der Waals surface area contributed by atoms with Gasteiger partial charge in [-0.1, -0.05) is 6.07 Å². The largest absolute Gasteiger partial charge is 0.508 e. The lowest BCUT2D eigenvalue weighted by Crippen LogP contribution is -2.24. The standard InChI is InChI=1S/C21H23N3O/c1-12-10-13(25)6-7-14(12)21-16-5-3-2-4-15(16)20-17(11-22)18(23)8-9-19(20)24-21/h6-11,21-22,24-25H,2-5,23H2,1H3. The van der Waals surface area contributed by atoms with E-state index in [0.717, 1.165) is 35.2 Å². The number of fused-ring (bicyclic) bond motifs is 2. The zero-order valence-corrected chi connectivity index (χ0v) is 14.4. The number of aromatic hydroxyl groups is 1. The Morgan fingerprint density at radius 3 is 2.76 bits per heavy atom. The van der Waals surface area contributed by atoms with Crippen LogP contribution in [-0.4, -0.2) is 11.3 Å². The number of hydrogen-bond acceptors (Lipinski definition) is 4. The molecule has 1 aliphatic heterocycles. The first kappa shape index (κ1) is 15.8. The van der Waals surface area contributed by atoms with Gasteiger partial charge >= 0.3 is 0 Å². The molecule has 2 aliphatic rings. The van der Waals surface area contributed by atoms with Crippen LogP contribution in [0.1, 0.15) is 54.0 Å². The number of nitrogen functional groups attached to an aromatic ring is 1. The Bertz CT molecular complexity index is 898. The lowest BCUT2D eigenvalue weighted by atomic mass is 9.76. The molecule has 0 spiro atoms. The van der Waals surface area contributed by atoms with Crippen LogP contribution >= 0.6 is 0 Å². The minimum Gasteiger partial charge on any atom is -0.508 e. The summed E-state index contributed by atoms with van der Waals surface area (Å²) in [6.07, 6.45) is 5.82. The number of phenolic OH excluding ortho intramolecular Hbond substituents is 1. The van der Waals surface area contributed by atoms with Gasteiger partial charge in [-0.25, -0.2) is 0 Å². The van der Waals surface area contributed by atoms with Crippen molar-refractivity contribution in [3.8, 4) is 5.75 Å². The highest BCUT2D eigenvalue weighted by Gasteiger charge is 2.31. The summed E-state index contributed by atoms with van der Waals surface area (Å²) in [7, 11) is 0. The Balaban J connectivity index is 1.93. The normalized spacial score (nSPS) is 19.0. The summed E-state index contributed by atoms with van der Waals surface area (Å²) in [5.41, 5.74) is 14.8. The van der Waals surface area contributed by atoms with Gasteiger partial charge < -0.3 is 21.6 Å². The van der Waals surface area contributed by atoms with Crippen LogP contribution in [0.2, 0.25) is 0 Å². The van der Waals surface area contributed by atoms with Crippen LogP contribution in [0.3, 0.4) is 0 Å². The van der Waals surface area contributed by atoms with Gasteiger partial charge in [-0.05, 0) is 79.1 Å². The van der Waals surface area contributed by atoms with Crippen molar-refractivity contribution < 1.29 is 5.11 Å². The van der Waals surface area contributed by atoms with Crippen molar-refractivity contribution >= 4 is 23.2 Å². The second kappa shape index (κ2) is 5.96. The zero-order valence-electron chi connectivity index (χ0n) is 14.4. The van der Waals surface area contributed by atoms with Crippen molar-refractivity contribution in [3.63, 3.8) is 0 Å². The summed E-state index contributed by atoms with van der Waals surface area (Å²) >= 11 is 0. The van der Waals surface area contributed by atoms with Gasteiger partial charge in [0.1, 0.15) is 5.75 Å². The second-order valence-electron chi connectivity index (χ2n) is 6.96. The topological polar surface area (TPSA) is 82.1 Å². The fourth-order valence-electron chi connectivity index (χ4n) is 4.26. The Kier molecular flexibility index (Phi) is 3.75. The molecule has 1 unspecified atom stereocenters. The minimum absolute atomic E-state index is 0.116. The summed E-state index contributed by atoms with van der Waals surface area (Å²) in [6, 6.07) is 9.61. The molecule has 1 atom stereocenters. The molecule has 5 N–H and O–H groups in total. The van der Waals surface area contributed by atoms with Crippen LogP contribution in [0.15, 0.2) is 35.9 Å². The summed E-state index contributed by atoms with van der Waals surface area (Å²) in [5, 5.41) is 21.2. The maximum atomic E-state index is 9.75. The molecule has 2 aromatic rings. The zero-order chi connectivity index (χ0) is 17.6. The van der Waals surface area contributed by atoms with Gasteiger partial charge in [0.15, 0.2) is 0 Å². The molecule has 0 aromatic heterocycles. The van der Waals surface area contributed by atoms with E-state index in [0.29, 0.717) is 11.4 Å². The fourth-order valence-corrected chi connectivity index (χ4v) is 4.26. The van der Waals surface area contributed by atoms with Gasteiger partial charge in [-0.3, -0.25) is 0 Å². The summed E-state index contributed by atoms with van der Waals surface area (Å²) in [5.74, 6) is 0.300. The first-order valence-corrected chi connectivity index (χ1v) is 8.81. The molecule has 128 valence electrons. The first-order valence-electron chi connectivity index (χ1n) is 8.81. The fraction of sp³-hybridized carbons (Fsp3) is 0.286. The Morgan fingerprint density at radius 2 is 2.00 bits per heavy atom. The Hall–Kier alpha value is -2.75. The van der Waals surface area contributed by atoms with E-state index in [1.54, 1.807) is 6.07 Å². The molecule has 1 heterocycles. The molecule has 4 heteroatoms. The van der Waals surface area contributed by atoms with E-state index in [4.69, 9.17) is 11.1 Å². The maximum Gasteiger partial charge on any atom is 0.115 e. The monoisotopic (exact) mass is 333 g/mol. The second-order valence-corrected chi connectivity index (χ2v) is 6.96. The quantitative estimate of drug-likeness (QED) is 0.472. The molecule has 0 saturated heterocycles. The Labute approximate surface area is 147 Å². The molecule has 0 saturated carbocycles. The highest BCUT2D eigenvalue weighted by molar-refractivity contribution is 5.99. The van der Waals surface area contributed by atoms with Crippen molar-refractivity contribution in [3.05, 3.63) is 58.2 Å². The van der Waals surface area contributed by atoms with E-state index in [9.17, 15) is 5.11 Å². The van der Waals surface area contributed by atoms with Crippen LogP contribution in [0.4, 0.5) is 11.4 Å². The molecule has 1 aliphatic carbocycles. The highest BCUT2D eigenvalue weighted by Crippen LogP contribution is 2.49. The van der Waals surface area contributed by atoms with E-state index in [1.807, 2.05) is 31.2 Å². The van der Waals surface area contributed by atoms with Crippen LogP contribution in [0.25, 0.3) is 5.57 Å². The number of nitrogens with two attached hydrogens (primary N) is 1. The van der Waals surface area contributed by atoms with E-state index in [-0.39, 0.29) is 6.04 Å². The van der Waals surface area contributed by atoms with Gasteiger partial charge in [0.25, 0.3) is 0 Å². The molecule has 0 bridgehead atoms. The van der Waals surface area contributed by atoms with Gasteiger partial charge in [0, 0.05) is 28.7 Å². The highest BCUT2D eigenvalue weighted by atomic mass is 16.3. The van der Waals surface area contributed by atoms with Crippen LogP contribution in [0, 0.1) is 12.3 Å². The Morgan fingerprint density at radius 1 is 1.20 bits per heavy atom. The average Bonchev–Trinajstić information content (AvgIpc) is 2.61. The number of hydrogen-bond donors (Lipinski definition) is 4. The number of allylic oxidation sites excluding steroid dienone is 1. The molecular weight excluding hydrogens is 310 g/mol. The first-order chi connectivity index (χ1) is 12.1. The van der Waals surface area contributed by atoms with E-state index < -0.39 is 0 Å². The molecule has 25 heavy (non-hydrogen) atoms. The van der Waals surface area contributed by atoms with Crippen molar-refractivity contribution in [2.45, 2.75) is 38.6 Å². The van der Waals surface area contributed by atoms with Crippen molar-refractivity contribution in [2.24, 2.45) is 0 Å². The van der Waals surface area contributed by atoms with E-state index in [1.165, 1.54) is 35.8 Å². The van der Waals surface area contributed by atoms with Crippen LogP contribution < -0.4 is 11.1 Å². The number of benzene rings is 2. The van der Waals surface area contributed by atoms with Crippen LogP contribution in [-0.2, 0) is 0 Å². The van der Waals surface area contributed by atoms with Gasteiger partial charge in [-0.2, -0.15) is 0 Å². The molecule has 4 rings (SSSR count). The summed E-state index contributed by atoms with van der Waals surface area (Å²) in [6.45, 7) is 2.04. The molecule has 0 radical (unpaired) electrons. The maximum absolute atomic E-state index is 9.75. The number of phenols is 1. The lowest BCUT2D eigenvalue weighted by Gasteiger charge is -2.37. The van der Waals surface area contributed by atoms with Crippen molar-refractivity contribution in [1.29, 1.82) is 5.41 Å². The van der Waals surface area contributed by atoms with Gasteiger partial charge in [-0.15, -0.1) is 0 Å². The summed E-state index contributed by atoms with van der Waals surface area (Å²) in [4.78, 5) is 0. The number of nitrogens with one attached hydrogen (secondary N) is 2. The molecular formula is C21H23N3O. The van der Waals surface area contributed by atoms with Gasteiger partial charge in [0.05, 0.1) is 6.04 Å². The van der Waals surface area contributed by atoms with Crippen molar-refractivity contribution in [1.82, 2.24) is 0 Å². The SMILES string of the molecule is Cc1cc(O)ccc1C1Nc2ccc(N)c(C=N)c2C2=C1CCCC2. The third-order valence-corrected chi connectivity index (χ3v) is 5.45. The minimum atomic E-state index is 0.116. The summed E-state index contributed by atoms with van der Waals surface area (Å²) < 4.78 is 0. The number of aryl methyl sites for hydroxylation is 1.